The van der Waals surface area contributed by atoms with Gasteiger partial charge in [0.1, 0.15) is 5.75 Å². The molecule has 4 heteroatoms. The Labute approximate surface area is 123 Å². The van der Waals surface area contributed by atoms with Crippen molar-refractivity contribution >= 4 is 15.9 Å². The van der Waals surface area contributed by atoms with E-state index < -0.39 is 0 Å². The Morgan fingerprint density at radius 2 is 2.26 bits per heavy atom. The molecule has 2 N–H and O–H groups in total. The minimum atomic E-state index is 0.510. The lowest BCUT2D eigenvalue weighted by Crippen LogP contribution is -2.39. The second-order valence-corrected chi connectivity index (χ2v) is 6.62. The van der Waals surface area contributed by atoms with Gasteiger partial charge in [0, 0.05) is 35.6 Å². The largest absolute Gasteiger partial charge is 0.493 e. The highest BCUT2D eigenvalue weighted by atomic mass is 79.9. The zero-order valence-corrected chi connectivity index (χ0v) is 12.9. The Hall–Kier alpha value is -0.580. The third kappa shape index (κ3) is 2.81. The maximum Gasteiger partial charge on any atom is 0.127 e. The normalized spacial score (nSPS) is 19.4. The van der Waals surface area contributed by atoms with Crippen molar-refractivity contribution in [2.75, 3.05) is 20.2 Å². The standard InChI is InChI=1S/C15H21BrN2O/c1-18(14(8-17)10-2-3-10)9-12-7-13(16)6-11-4-5-19-15(11)12/h6-7,10,14H,2-5,8-9,17H2,1H3. The van der Waals surface area contributed by atoms with Crippen LogP contribution in [0.15, 0.2) is 16.6 Å². The van der Waals surface area contributed by atoms with Crippen LogP contribution in [0.5, 0.6) is 5.75 Å². The van der Waals surface area contributed by atoms with E-state index in [0.29, 0.717) is 6.04 Å². The number of hydrogen-bond acceptors (Lipinski definition) is 3. The van der Waals surface area contributed by atoms with Gasteiger partial charge in [-0.2, -0.15) is 0 Å². The van der Waals surface area contributed by atoms with E-state index in [1.165, 1.54) is 24.0 Å². The van der Waals surface area contributed by atoms with E-state index in [1.807, 2.05) is 0 Å². The van der Waals surface area contributed by atoms with Crippen molar-refractivity contribution in [3.8, 4) is 5.75 Å². The first kappa shape index (κ1) is 13.4. The number of rotatable bonds is 5. The van der Waals surface area contributed by atoms with Gasteiger partial charge in [0.2, 0.25) is 0 Å². The molecule has 1 heterocycles. The summed E-state index contributed by atoms with van der Waals surface area (Å²) in [5.74, 6) is 1.90. The predicted molar refractivity (Wildman–Crippen MR) is 80.4 cm³/mol. The molecular weight excluding hydrogens is 304 g/mol. The lowest BCUT2D eigenvalue weighted by atomic mass is 10.1. The number of nitrogens with two attached hydrogens (primary N) is 1. The Kier molecular flexibility index (Phi) is 3.83. The van der Waals surface area contributed by atoms with Crippen LogP contribution in [0.3, 0.4) is 0 Å². The molecule has 19 heavy (non-hydrogen) atoms. The van der Waals surface area contributed by atoms with Crippen LogP contribution in [0.2, 0.25) is 0 Å². The average molecular weight is 325 g/mol. The molecule has 1 aliphatic heterocycles. The summed E-state index contributed by atoms with van der Waals surface area (Å²) >= 11 is 3.60. The van der Waals surface area contributed by atoms with Gasteiger partial charge in [-0.1, -0.05) is 15.9 Å². The molecule has 0 radical (unpaired) electrons. The molecule has 1 aromatic carbocycles. The summed E-state index contributed by atoms with van der Waals surface area (Å²) in [7, 11) is 2.18. The van der Waals surface area contributed by atoms with Crippen LogP contribution in [0.1, 0.15) is 24.0 Å². The highest BCUT2D eigenvalue weighted by molar-refractivity contribution is 9.10. The fraction of sp³-hybridized carbons (Fsp3) is 0.600. The Morgan fingerprint density at radius 1 is 1.47 bits per heavy atom. The summed E-state index contributed by atoms with van der Waals surface area (Å²) in [6.45, 7) is 2.48. The van der Waals surface area contributed by atoms with Gasteiger partial charge in [-0.3, -0.25) is 4.90 Å². The summed E-state index contributed by atoms with van der Waals surface area (Å²) in [6, 6.07) is 4.87. The second-order valence-electron chi connectivity index (χ2n) is 5.71. The topological polar surface area (TPSA) is 38.5 Å². The van der Waals surface area contributed by atoms with Gasteiger partial charge in [-0.15, -0.1) is 0 Å². The minimum Gasteiger partial charge on any atom is -0.493 e. The molecule has 1 fully saturated rings. The zero-order valence-electron chi connectivity index (χ0n) is 11.4. The molecule has 3 nitrogen and oxygen atoms in total. The van der Waals surface area contributed by atoms with E-state index in [0.717, 1.165) is 42.3 Å². The summed E-state index contributed by atoms with van der Waals surface area (Å²) in [6.07, 6.45) is 3.69. The quantitative estimate of drug-likeness (QED) is 0.904. The molecule has 0 bridgehead atoms. The molecule has 2 aliphatic rings. The number of hydrogen-bond donors (Lipinski definition) is 1. The molecule has 1 atom stereocenters. The number of benzene rings is 1. The van der Waals surface area contributed by atoms with Gasteiger partial charge < -0.3 is 10.5 Å². The summed E-state index contributed by atoms with van der Waals surface area (Å²) in [5.41, 5.74) is 8.54. The van der Waals surface area contributed by atoms with Crippen LogP contribution in [0, 0.1) is 5.92 Å². The van der Waals surface area contributed by atoms with Crippen LogP contribution < -0.4 is 10.5 Å². The van der Waals surface area contributed by atoms with Crippen molar-refractivity contribution in [1.82, 2.24) is 4.90 Å². The van der Waals surface area contributed by atoms with E-state index >= 15 is 0 Å². The van der Waals surface area contributed by atoms with Crippen LogP contribution in [-0.2, 0) is 13.0 Å². The summed E-state index contributed by atoms with van der Waals surface area (Å²) in [4.78, 5) is 2.39. The summed E-state index contributed by atoms with van der Waals surface area (Å²) in [5, 5.41) is 0. The lowest BCUT2D eigenvalue weighted by Gasteiger charge is -2.27. The third-order valence-corrected chi connectivity index (χ3v) is 4.68. The van der Waals surface area contributed by atoms with Crippen molar-refractivity contribution in [3.63, 3.8) is 0 Å². The Morgan fingerprint density at radius 3 is 2.95 bits per heavy atom. The molecule has 1 aliphatic carbocycles. The molecular formula is C15H21BrN2O. The van der Waals surface area contributed by atoms with Gasteiger partial charge in [0.25, 0.3) is 0 Å². The van der Waals surface area contributed by atoms with Gasteiger partial charge in [-0.05, 0) is 43.5 Å². The first-order valence-corrected chi connectivity index (χ1v) is 7.82. The van der Waals surface area contributed by atoms with Gasteiger partial charge in [0.15, 0.2) is 0 Å². The van der Waals surface area contributed by atoms with Crippen molar-refractivity contribution < 1.29 is 4.74 Å². The van der Waals surface area contributed by atoms with Crippen molar-refractivity contribution in [2.45, 2.75) is 31.8 Å². The fourth-order valence-corrected chi connectivity index (χ4v) is 3.62. The second kappa shape index (κ2) is 5.43. The minimum absolute atomic E-state index is 0.510. The molecule has 1 unspecified atom stereocenters. The molecule has 104 valence electrons. The summed E-state index contributed by atoms with van der Waals surface area (Å²) < 4.78 is 6.95. The van der Waals surface area contributed by atoms with E-state index in [9.17, 15) is 0 Å². The molecule has 0 saturated heterocycles. The smallest absolute Gasteiger partial charge is 0.127 e. The van der Waals surface area contributed by atoms with Crippen LogP contribution >= 0.6 is 15.9 Å². The van der Waals surface area contributed by atoms with Crippen molar-refractivity contribution in [3.05, 3.63) is 27.7 Å². The fourth-order valence-electron chi connectivity index (χ4n) is 3.06. The van der Waals surface area contributed by atoms with Crippen LogP contribution in [0.4, 0.5) is 0 Å². The first-order valence-electron chi connectivity index (χ1n) is 7.03. The number of halogens is 1. The molecule has 1 aromatic rings. The van der Waals surface area contributed by atoms with E-state index in [1.54, 1.807) is 0 Å². The van der Waals surface area contributed by atoms with E-state index in [-0.39, 0.29) is 0 Å². The SMILES string of the molecule is CN(Cc1cc(Br)cc2c1OCC2)C(CN)C1CC1. The molecule has 1 saturated carbocycles. The molecule has 0 spiro atoms. The zero-order chi connectivity index (χ0) is 13.4. The van der Waals surface area contributed by atoms with Crippen molar-refractivity contribution in [2.24, 2.45) is 11.7 Å². The first-order chi connectivity index (χ1) is 9.19. The maximum atomic E-state index is 5.93. The Bertz CT molecular complexity index is 473. The highest BCUT2D eigenvalue weighted by Gasteiger charge is 2.33. The number of likely N-dealkylation sites (N-methyl/N-ethyl adjacent to an activating group) is 1. The molecule has 3 rings (SSSR count). The predicted octanol–water partition coefficient (Wildman–Crippen LogP) is 2.55. The highest BCUT2D eigenvalue weighted by Crippen LogP contribution is 2.37. The molecule has 0 amide bonds. The van der Waals surface area contributed by atoms with Gasteiger partial charge in [-0.25, -0.2) is 0 Å². The Balaban J connectivity index is 1.79. The van der Waals surface area contributed by atoms with Crippen molar-refractivity contribution in [1.29, 1.82) is 0 Å². The third-order valence-electron chi connectivity index (χ3n) is 4.22. The number of fused-ring (bicyclic) bond motifs is 1. The van der Waals surface area contributed by atoms with Crippen LogP contribution in [-0.4, -0.2) is 31.1 Å². The lowest BCUT2D eigenvalue weighted by molar-refractivity contribution is 0.212. The maximum absolute atomic E-state index is 5.93. The molecule has 0 aromatic heterocycles. The monoisotopic (exact) mass is 324 g/mol. The van der Waals surface area contributed by atoms with Gasteiger partial charge in [0.05, 0.1) is 6.61 Å². The number of nitrogens with zero attached hydrogens (tertiary/aromatic N) is 1. The average Bonchev–Trinajstić information content (AvgIpc) is 3.07. The number of ether oxygens (including phenoxy) is 1. The van der Waals surface area contributed by atoms with Crippen LogP contribution in [0.25, 0.3) is 0 Å². The van der Waals surface area contributed by atoms with E-state index in [4.69, 9.17) is 10.5 Å². The van der Waals surface area contributed by atoms with Gasteiger partial charge >= 0.3 is 0 Å². The van der Waals surface area contributed by atoms with E-state index in [2.05, 4.69) is 40.0 Å².